The zero-order chi connectivity index (χ0) is 30.5. The van der Waals surface area contributed by atoms with Crippen LogP contribution in [0.2, 0.25) is 0 Å². The third kappa shape index (κ3) is 7.96. The van der Waals surface area contributed by atoms with Crippen molar-refractivity contribution in [2.45, 2.75) is 107 Å². The van der Waals surface area contributed by atoms with Crippen molar-refractivity contribution in [2.24, 2.45) is 5.92 Å². The van der Waals surface area contributed by atoms with Crippen LogP contribution in [0, 0.1) is 12.8 Å². The molecule has 2 aliphatic heterocycles. The van der Waals surface area contributed by atoms with Crippen molar-refractivity contribution in [3.8, 4) is 0 Å². The standard InChI is InChI=1S/C31H42N4O6S/c1-21-15-17-23(18-16-21)42(40)34-28(38)31-20-22(31)12-9-7-5-6-8-10-13-24(32-29(39)41-30(2,3)4)27(37)35-19-11-14-25(35)26(36)33-31/h7,12,15-18,22,24-25H,5-6,8,10-11,13-14,19-20H2,1-4H3,(H,32,39)(H,33,36)(H,34,38)/t9?,22-,24+,25+,31-,42+/m1/s1. The van der Waals surface area contributed by atoms with E-state index >= 15 is 0 Å². The molecule has 0 unspecified atom stereocenters. The van der Waals surface area contributed by atoms with E-state index in [4.69, 9.17) is 4.74 Å². The Morgan fingerprint density at radius 1 is 1.12 bits per heavy atom. The summed E-state index contributed by atoms with van der Waals surface area (Å²) in [5.74, 6) is -1.65. The molecule has 11 heteroatoms. The summed E-state index contributed by atoms with van der Waals surface area (Å²) >= 11 is -1.81. The number of nitrogens with one attached hydrogen (secondary N) is 3. The van der Waals surface area contributed by atoms with Gasteiger partial charge < -0.3 is 24.8 Å². The molecule has 1 aromatic carbocycles. The fourth-order valence-corrected chi connectivity index (χ4v) is 6.25. The molecule has 4 rings (SSSR count). The molecule has 228 valence electrons. The van der Waals surface area contributed by atoms with Crippen LogP contribution in [0.1, 0.15) is 77.7 Å². The highest BCUT2D eigenvalue weighted by molar-refractivity contribution is 7.90. The maximum absolute atomic E-state index is 13.7. The van der Waals surface area contributed by atoms with E-state index in [0.717, 1.165) is 31.2 Å². The summed E-state index contributed by atoms with van der Waals surface area (Å²) in [6.45, 7) is 7.54. The number of carbonyl (C=O) groups excluding carboxylic acids is 4. The Hall–Kier alpha value is -3.27. The second-order valence-electron chi connectivity index (χ2n) is 12.3. The van der Waals surface area contributed by atoms with Gasteiger partial charge in [-0.2, -0.15) is 4.72 Å². The van der Waals surface area contributed by atoms with Gasteiger partial charge in [-0.1, -0.05) is 30.5 Å². The van der Waals surface area contributed by atoms with E-state index in [-0.39, 0.29) is 11.8 Å². The lowest BCUT2D eigenvalue weighted by Gasteiger charge is -2.30. The number of ether oxygens (including phenoxy) is 1. The van der Waals surface area contributed by atoms with Crippen molar-refractivity contribution >= 4 is 35.2 Å². The number of benzene rings is 1. The van der Waals surface area contributed by atoms with Gasteiger partial charge in [0.2, 0.25) is 11.8 Å². The van der Waals surface area contributed by atoms with E-state index < -0.39 is 52.5 Å². The van der Waals surface area contributed by atoms with E-state index in [1.807, 2.05) is 25.1 Å². The van der Waals surface area contributed by atoms with Crippen molar-refractivity contribution in [3.63, 3.8) is 0 Å². The minimum Gasteiger partial charge on any atom is -0.588 e. The average molecular weight is 599 g/mol. The Kier molecular flexibility index (Phi) is 10.1. The fourth-order valence-electron chi connectivity index (χ4n) is 5.40. The maximum atomic E-state index is 13.7. The van der Waals surface area contributed by atoms with Crippen LogP contribution in [0.3, 0.4) is 0 Å². The Bertz CT molecular complexity index is 1240. The first-order chi connectivity index (χ1) is 19.9. The van der Waals surface area contributed by atoms with Gasteiger partial charge in [0, 0.05) is 12.5 Å². The van der Waals surface area contributed by atoms with E-state index in [1.165, 1.54) is 4.90 Å². The summed E-state index contributed by atoms with van der Waals surface area (Å²) in [5, 5.41) is 5.65. The van der Waals surface area contributed by atoms with E-state index in [9.17, 15) is 23.7 Å². The van der Waals surface area contributed by atoms with Crippen LogP contribution in [-0.4, -0.2) is 63.0 Å². The third-order valence-electron chi connectivity index (χ3n) is 7.77. The molecule has 4 amide bonds. The second-order valence-corrected chi connectivity index (χ2v) is 13.6. The van der Waals surface area contributed by atoms with E-state index in [2.05, 4.69) is 21.1 Å². The number of rotatable bonds is 4. The molecule has 0 aromatic heterocycles. The SMILES string of the molecule is Cc1ccc([S@+]([O-])NC(=O)[C@@]23C[C@H]2C=C=CCCCCC[C@H](NC(=O)OC(C)(C)C)C(=O)N2CCC[C@H]2C(=O)N3)cc1. The number of hydrogen-bond donors (Lipinski definition) is 3. The molecule has 1 saturated heterocycles. The Labute approximate surface area is 251 Å². The number of aryl methyl sites for hydroxylation is 1. The molecule has 3 N–H and O–H groups in total. The molecule has 0 bridgehead atoms. The van der Waals surface area contributed by atoms with Gasteiger partial charge in [0.1, 0.15) is 34.6 Å². The molecule has 42 heavy (non-hydrogen) atoms. The lowest BCUT2D eigenvalue weighted by molar-refractivity contribution is -0.141. The monoisotopic (exact) mass is 598 g/mol. The van der Waals surface area contributed by atoms with Crippen LogP contribution < -0.4 is 15.4 Å². The summed E-state index contributed by atoms with van der Waals surface area (Å²) in [5.41, 5.74) is 2.15. The molecular formula is C31H42N4O6S. The summed E-state index contributed by atoms with van der Waals surface area (Å²) in [7, 11) is 0. The second kappa shape index (κ2) is 13.4. The fraction of sp³-hybridized carbons (Fsp3) is 0.581. The third-order valence-corrected chi connectivity index (χ3v) is 8.84. The Morgan fingerprint density at radius 2 is 1.86 bits per heavy atom. The minimum atomic E-state index is -1.81. The zero-order valence-electron chi connectivity index (χ0n) is 24.9. The number of carbonyl (C=O) groups is 4. The first kappa shape index (κ1) is 31.7. The molecule has 2 fully saturated rings. The topological polar surface area (TPSA) is 140 Å². The van der Waals surface area contributed by atoms with Gasteiger partial charge >= 0.3 is 6.09 Å². The molecular weight excluding hydrogens is 556 g/mol. The molecule has 0 spiro atoms. The van der Waals surface area contributed by atoms with Crippen molar-refractivity contribution in [1.82, 2.24) is 20.3 Å². The summed E-state index contributed by atoms with van der Waals surface area (Å²) in [6, 6.07) is 5.39. The molecule has 1 saturated carbocycles. The maximum Gasteiger partial charge on any atom is 0.408 e. The first-order valence-electron chi connectivity index (χ1n) is 14.7. The lowest BCUT2D eigenvalue weighted by atomic mass is 10.0. The Morgan fingerprint density at radius 3 is 2.57 bits per heavy atom. The van der Waals surface area contributed by atoms with Crippen molar-refractivity contribution in [1.29, 1.82) is 0 Å². The molecule has 5 atom stereocenters. The highest BCUT2D eigenvalue weighted by Gasteiger charge is 2.62. The van der Waals surface area contributed by atoms with Crippen LogP contribution in [0.25, 0.3) is 0 Å². The van der Waals surface area contributed by atoms with Crippen LogP contribution >= 0.6 is 0 Å². The largest absolute Gasteiger partial charge is 0.588 e. The number of fused-ring (bicyclic) bond motifs is 2. The first-order valence-corrected chi connectivity index (χ1v) is 15.9. The van der Waals surface area contributed by atoms with Gasteiger partial charge in [0.25, 0.3) is 5.91 Å². The normalized spacial score (nSPS) is 27.4. The van der Waals surface area contributed by atoms with Gasteiger partial charge in [-0.3, -0.25) is 14.4 Å². The van der Waals surface area contributed by atoms with Gasteiger partial charge in [0.15, 0.2) is 4.90 Å². The van der Waals surface area contributed by atoms with E-state index in [0.29, 0.717) is 37.1 Å². The van der Waals surface area contributed by atoms with Crippen LogP contribution in [-0.2, 0) is 30.5 Å². The highest BCUT2D eigenvalue weighted by atomic mass is 32.2. The van der Waals surface area contributed by atoms with Gasteiger partial charge in [-0.15, -0.1) is 5.73 Å². The van der Waals surface area contributed by atoms with Crippen LogP contribution in [0.4, 0.5) is 4.79 Å². The molecule has 2 heterocycles. The molecule has 1 aliphatic carbocycles. The zero-order valence-corrected chi connectivity index (χ0v) is 25.7. The van der Waals surface area contributed by atoms with Crippen molar-refractivity contribution < 1.29 is 28.5 Å². The van der Waals surface area contributed by atoms with Crippen LogP contribution in [0.15, 0.2) is 47.0 Å². The Balaban J connectivity index is 1.55. The highest BCUT2D eigenvalue weighted by Crippen LogP contribution is 2.45. The van der Waals surface area contributed by atoms with Gasteiger partial charge in [0.05, 0.1) is 0 Å². The minimum absolute atomic E-state index is 0.326. The van der Waals surface area contributed by atoms with Gasteiger partial charge in [-0.05, 0) is 90.5 Å². The van der Waals surface area contributed by atoms with Crippen LogP contribution in [0.5, 0.6) is 0 Å². The number of alkyl carbamates (subject to hydrolysis) is 1. The smallest absolute Gasteiger partial charge is 0.408 e. The van der Waals surface area contributed by atoms with Gasteiger partial charge in [-0.25, -0.2) is 4.79 Å². The predicted octanol–water partition coefficient (Wildman–Crippen LogP) is 3.57. The average Bonchev–Trinajstić information content (AvgIpc) is 3.37. The summed E-state index contributed by atoms with van der Waals surface area (Å²) in [4.78, 5) is 55.5. The van der Waals surface area contributed by atoms with Crippen molar-refractivity contribution in [3.05, 3.63) is 47.7 Å². The van der Waals surface area contributed by atoms with Crippen molar-refractivity contribution in [2.75, 3.05) is 6.54 Å². The number of hydrogen-bond acceptors (Lipinski definition) is 6. The molecule has 3 aliphatic rings. The summed E-state index contributed by atoms with van der Waals surface area (Å²) in [6.07, 6.45) is 8.03. The summed E-state index contributed by atoms with van der Waals surface area (Å²) < 4.78 is 20.9. The predicted molar refractivity (Wildman–Crippen MR) is 158 cm³/mol. The lowest BCUT2D eigenvalue weighted by Crippen LogP contribution is -2.58. The quantitative estimate of drug-likeness (QED) is 0.358. The molecule has 1 aromatic rings. The number of amides is 4. The molecule has 10 nitrogen and oxygen atoms in total. The number of nitrogens with zero attached hydrogens (tertiary/aromatic N) is 1. The van der Waals surface area contributed by atoms with E-state index in [1.54, 1.807) is 39.0 Å². The molecule has 0 radical (unpaired) electrons.